The van der Waals surface area contributed by atoms with Crippen LogP contribution in [0.4, 0.5) is 13.2 Å². The van der Waals surface area contributed by atoms with Gasteiger partial charge in [-0.05, 0) is 24.1 Å². The Hall–Kier alpha value is -2.31. The number of halogens is 3. The summed E-state index contributed by atoms with van der Waals surface area (Å²) in [6, 6.07) is 14.0. The number of likely N-dealkylation sites (tertiary alicyclic amines) is 1. The molecule has 1 fully saturated rings. The van der Waals surface area contributed by atoms with Crippen LogP contribution in [0.25, 0.3) is 11.0 Å². The zero-order valence-electron chi connectivity index (χ0n) is 15.5. The van der Waals surface area contributed by atoms with E-state index in [2.05, 4.69) is 4.90 Å². The molecule has 2 atom stereocenters. The van der Waals surface area contributed by atoms with E-state index in [1.807, 2.05) is 30.3 Å². The maximum Gasteiger partial charge on any atom is 0.416 e. The van der Waals surface area contributed by atoms with E-state index < -0.39 is 17.3 Å². The predicted octanol–water partition coefficient (Wildman–Crippen LogP) is 5.18. The van der Waals surface area contributed by atoms with E-state index in [9.17, 15) is 18.3 Å². The number of hydrogen-bond acceptors (Lipinski definition) is 3. The van der Waals surface area contributed by atoms with Crippen molar-refractivity contribution in [2.75, 3.05) is 13.1 Å². The second-order valence-corrected chi connectivity index (χ2v) is 7.62. The highest BCUT2D eigenvalue weighted by atomic mass is 19.4. The first kappa shape index (κ1) is 19.0. The normalized spacial score (nSPS) is 24.0. The summed E-state index contributed by atoms with van der Waals surface area (Å²) in [5.41, 5.74) is -1.28. The van der Waals surface area contributed by atoms with Gasteiger partial charge in [0.15, 0.2) is 0 Å². The van der Waals surface area contributed by atoms with E-state index in [4.69, 9.17) is 4.42 Å². The minimum absolute atomic E-state index is 0.126. The van der Waals surface area contributed by atoms with Crippen LogP contribution >= 0.6 is 0 Å². The van der Waals surface area contributed by atoms with Crippen LogP contribution in [0.15, 0.2) is 59.2 Å². The Bertz CT molecular complexity index is 967. The molecular formula is C22H22F3NO2. The highest BCUT2D eigenvalue weighted by molar-refractivity contribution is 5.83. The molecule has 0 bridgehead atoms. The quantitative estimate of drug-likeness (QED) is 0.671. The van der Waals surface area contributed by atoms with Crippen LogP contribution < -0.4 is 0 Å². The van der Waals surface area contributed by atoms with E-state index in [1.165, 1.54) is 12.3 Å². The Kier molecular flexibility index (Phi) is 4.71. The summed E-state index contributed by atoms with van der Waals surface area (Å²) in [7, 11) is 0. The third kappa shape index (κ3) is 3.31. The van der Waals surface area contributed by atoms with E-state index in [1.54, 1.807) is 13.0 Å². The standard InChI is InChI=1S/C22H22F3NO2/c1-15-13-26(14-16-5-3-2-4-6-16)11-10-21(15,27)19-18(22(23,24)25)8-7-17-9-12-28-20(17)19/h2-9,12,15,27H,10-11,13-14H2,1H3. The summed E-state index contributed by atoms with van der Waals surface area (Å²) in [5, 5.41) is 12.0. The Morgan fingerprint density at radius 3 is 2.57 bits per heavy atom. The molecule has 0 aliphatic carbocycles. The first-order chi connectivity index (χ1) is 13.3. The Morgan fingerprint density at radius 1 is 1.14 bits per heavy atom. The minimum Gasteiger partial charge on any atom is -0.464 e. The van der Waals surface area contributed by atoms with Gasteiger partial charge in [-0.25, -0.2) is 0 Å². The number of nitrogens with zero attached hydrogens (tertiary/aromatic N) is 1. The predicted molar refractivity (Wildman–Crippen MR) is 101 cm³/mol. The van der Waals surface area contributed by atoms with Gasteiger partial charge in [-0.15, -0.1) is 0 Å². The van der Waals surface area contributed by atoms with Gasteiger partial charge < -0.3 is 9.52 Å². The Balaban J connectivity index is 1.69. The number of furan rings is 1. The smallest absolute Gasteiger partial charge is 0.416 e. The SMILES string of the molecule is CC1CN(Cc2ccccc2)CCC1(O)c1c(C(F)(F)F)ccc2ccoc12. The lowest BCUT2D eigenvalue weighted by Crippen LogP contribution is -2.49. The number of rotatable bonds is 3. The molecule has 4 rings (SSSR count). The lowest BCUT2D eigenvalue weighted by atomic mass is 9.74. The van der Waals surface area contributed by atoms with Gasteiger partial charge in [-0.3, -0.25) is 4.90 Å². The first-order valence-electron chi connectivity index (χ1n) is 9.35. The topological polar surface area (TPSA) is 36.6 Å². The highest BCUT2D eigenvalue weighted by Gasteiger charge is 2.47. The Morgan fingerprint density at radius 2 is 1.89 bits per heavy atom. The van der Waals surface area contributed by atoms with Crippen LogP contribution in [0.2, 0.25) is 0 Å². The molecule has 148 valence electrons. The van der Waals surface area contributed by atoms with Crippen molar-refractivity contribution < 1.29 is 22.7 Å². The van der Waals surface area contributed by atoms with Crippen LogP contribution in [0.5, 0.6) is 0 Å². The van der Waals surface area contributed by atoms with Gasteiger partial charge >= 0.3 is 6.18 Å². The number of fused-ring (bicyclic) bond motifs is 1. The average molecular weight is 389 g/mol. The van der Waals surface area contributed by atoms with Gasteiger partial charge in [0.2, 0.25) is 0 Å². The van der Waals surface area contributed by atoms with E-state index in [-0.39, 0.29) is 23.5 Å². The van der Waals surface area contributed by atoms with Crippen molar-refractivity contribution in [2.45, 2.75) is 31.7 Å². The third-order valence-electron chi connectivity index (χ3n) is 5.77. The largest absolute Gasteiger partial charge is 0.464 e. The molecule has 2 unspecified atom stereocenters. The first-order valence-corrected chi connectivity index (χ1v) is 9.35. The summed E-state index contributed by atoms with van der Waals surface area (Å²) >= 11 is 0. The molecule has 1 aromatic heterocycles. The fraction of sp³-hybridized carbons (Fsp3) is 0.364. The maximum atomic E-state index is 13.7. The van der Waals surface area contributed by atoms with Crippen LogP contribution in [-0.4, -0.2) is 23.1 Å². The van der Waals surface area contributed by atoms with Crippen LogP contribution in [0, 0.1) is 5.92 Å². The fourth-order valence-corrected chi connectivity index (χ4v) is 4.26. The Labute approximate surface area is 161 Å². The van der Waals surface area contributed by atoms with E-state index in [0.29, 0.717) is 25.0 Å². The summed E-state index contributed by atoms with van der Waals surface area (Å²) in [6.45, 7) is 3.52. The summed E-state index contributed by atoms with van der Waals surface area (Å²) in [4.78, 5) is 2.17. The van der Waals surface area contributed by atoms with Crippen LogP contribution in [-0.2, 0) is 18.3 Å². The molecule has 0 amide bonds. The van der Waals surface area contributed by atoms with Gasteiger partial charge in [0.25, 0.3) is 0 Å². The molecule has 1 aliphatic rings. The average Bonchev–Trinajstić information content (AvgIpc) is 3.13. The zero-order valence-corrected chi connectivity index (χ0v) is 15.5. The molecule has 6 heteroatoms. The van der Waals surface area contributed by atoms with Crippen LogP contribution in [0.1, 0.15) is 30.0 Å². The monoisotopic (exact) mass is 389 g/mol. The third-order valence-corrected chi connectivity index (χ3v) is 5.77. The van der Waals surface area contributed by atoms with Gasteiger partial charge in [-0.1, -0.05) is 43.3 Å². The molecular weight excluding hydrogens is 367 g/mol. The fourth-order valence-electron chi connectivity index (χ4n) is 4.26. The van der Waals surface area contributed by atoms with Crippen molar-refractivity contribution in [3.05, 3.63) is 71.5 Å². The lowest BCUT2D eigenvalue weighted by Gasteiger charge is -2.44. The van der Waals surface area contributed by atoms with E-state index >= 15 is 0 Å². The summed E-state index contributed by atoms with van der Waals surface area (Å²) < 4.78 is 46.6. The number of alkyl halides is 3. The van der Waals surface area contributed by atoms with Crippen LogP contribution in [0.3, 0.4) is 0 Å². The van der Waals surface area contributed by atoms with Crippen molar-refractivity contribution in [1.82, 2.24) is 4.90 Å². The highest BCUT2D eigenvalue weighted by Crippen LogP contribution is 2.47. The number of piperidine rings is 1. The molecule has 0 radical (unpaired) electrons. The molecule has 2 aromatic carbocycles. The molecule has 2 heterocycles. The molecule has 3 nitrogen and oxygen atoms in total. The summed E-state index contributed by atoms with van der Waals surface area (Å²) in [6.07, 6.45) is -2.98. The second kappa shape index (κ2) is 6.94. The molecule has 1 aliphatic heterocycles. The number of benzene rings is 2. The van der Waals surface area contributed by atoms with Crippen molar-refractivity contribution in [3.8, 4) is 0 Å². The summed E-state index contributed by atoms with van der Waals surface area (Å²) in [5.74, 6) is -0.387. The van der Waals surface area contributed by atoms with Gasteiger partial charge in [0, 0.05) is 36.5 Å². The molecule has 0 spiro atoms. The van der Waals surface area contributed by atoms with E-state index in [0.717, 1.165) is 11.6 Å². The van der Waals surface area contributed by atoms with Gasteiger partial charge in [0.1, 0.15) is 5.58 Å². The number of aliphatic hydroxyl groups is 1. The minimum atomic E-state index is -4.56. The van der Waals surface area contributed by atoms with Crippen molar-refractivity contribution in [2.24, 2.45) is 5.92 Å². The zero-order chi connectivity index (χ0) is 19.9. The van der Waals surface area contributed by atoms with Crippen molar-refractivity contribution in [1.29, 1.82) is 0 Å². The van der Waals surface area contributed by atoms with Gasteiger partial charge in [-0.2, -0.15) is 13.2 Å². The number of hydrogen-bond donors (Lipinski definition) is 1. The van der Waals surface area contributed by atoms with Crippen molar-refractivity contribution >= 4 is 11.0 Å². The molecule has 1 N–H and O–H groups in total. The lowest BCUT2D eigenvalue weighted by molar-refractivity contribution is -0.144. The van der Waals surface area contributed by atoms with Gasteiger partial charge in [0.05, 0.1) is 17.4 Å². The van der Waals surface area contributed by atoms with Crippen molar-refractivity contribution in [3.63, 3.8) is 0 Å². The maximum absolute atomic E-state index is 13.7. The molecule has 1 saturated heterocycles. The molecule has 3 aromatic rings. The molecule has 0 saturated carbocycles. The second-order valence-electron chi connectivity index (χ2n) is 7.62. The molecule has 28 heavy (non-hydrogen) atoms.